The number of nitrogens with one attached hydrogen (secondary N) is 2. The van der Waals surface area contributed by atoms with E-state index < -0.39 is 0 Å². The minimum Gasteiger partial charge on any atom is -0.370 e. The molecule has 2 aromatic rings. The van der Waals surface area contributed by atoms with Crippen LogP contribution in [0.4, 0.5) is 10.1 Å². The summed E-state index contributed by atoms with van der Waals surface area (Å²) in [6, 6.07) is 2.00. The molecule has 0 bridgehead atoms. The van der Waals surface area contributed by atoms with Gasteiger partial charge in [-0.1, -0.05) is 32.4 Å². The van der Waals surface area contributed by atoms with E-state index in [1.54, 1.807) is 6.20 Å². The number of H-pyrrole nitrogens is 1. The van der Waals surface area contributed by atoms with Gasteiger partial charge in [-0.15, -0.1) is 0 Å². The number of anilines is 1. The fraction of sp³-hybridized carbons (Fsp3) is 0.500. The Morgan fingerprint density at radius 3 is 2.85 bits per heavy atom. The van der Waals surface area contributed by atoms with Crippen LogP contribution in [0.3, 0.4) is 0 Å². The zero-order valence-electron chi connectivity index (χ0n) is 16.2. The van der Waals surface area contributed by atoms with E-state index in [2.05, 4.69) is 40.4 Å². The Bertz CT molecular complexity index is 862. The van der Waals surface area contributed by atoms with Crippen molar-refractivity contribution in [1.29, 1.82) is 0 Å². The van der Waals surface area contributed by atoms with Crippen molar-refractivity contribution in [1.82, 2.24) is 14.9 Å². The summed E-state index contributed by atoms with van der Waals surface area (Å²) in [6.07, 6.45) is 13.8. The first-order valence-corrected chi connectivity index (χ1v) is 9.98. The number of aromatic nitrogens is 2. The van der Waals surface area contributed by atoms with Gasteiger partial charge >= 0.3 is 0 Å². The van der Waals surface area contributed by atoms with Gasteiger partial charge in [0.25, 0.3) is 0 Å². The van der Waals surface area contributed by atoms with Gasteiger partial charge in [0.15, 0.2) is 0 Å². The number of rotatable bonds is 5. The average Bonchev–Trinajstić information content (AvgIpc) is 3.26. The van der Waals surface area contributed by atoms with Crippen molar-refractivity contribution >= 4 is 16.7 Å². The standard InChI is InChI=1S/C22H29FN4/c1-15(26-20-14-25-21-19(20)11-17(23)13-24-21)16(2)27(3)18-7-10-22(12-18)8-5-4-6-9-22/h11,13-14,18,26H,1-2,4-10,12H2,3H3,(H,24,25). The number of halogens is 1. The fourth-order valence-corrected chi connectivity index (χ4v) is 5.01. The van der Waals surface area contributed by atoms with Crippen LogP contribution in [-0.2, 0) is 0 Å². The molecule has 4 nitrogen and oxygen atoms in total. The molecule has 2 saturated carbocycles. The Balaban J connectivity index is 1.42. The van der Waals surface area contributed by atoms with E-state index in [4.69, 9.17) is 0 Å². The lowest BCUT2D eigenvalue weighted by Gasteiger charge is -2.35. The highest BCUT2D eigenvalue weighted by Crippen LogP contribution is 2.50. The number of pyridine rings is 1. The lowest BCUT2D eigenvalue weighted by Crippen LogP contribution is -2.32. The summed E-state index contributed by atoms with van der Waals surface area (Å²) in [5.74, 6) is -0.351. The molecule has 0 radical (unpaired) electrons. The van der Waals surface area contributed by atoms with E-state index in [0.717, 1.165) is 17.1 Å². The third-order valence-corrected chi connectivity index (χ3v) is 6.70. The van der Waals surface area contributed by atoms with Gasteiger partial charge in [-0.2, -0.15) is 0 Å². The highest BCUT2D eigenvalue weighted by molar-refractivity contribution is 5.90. The number of nitrogens with zero attached hydrogens (tertiary/aromatic N) is 2. The molecule has 27 heavy (non-hydrogen) atoms. The van der Waals surface area contributed by atoms with Crippen LogP contribution in [0.2, 0.25) is 0 Å². The Labute approximate surface area is 160 Å². The van der Waals surface area contributed by atoms with Gasteiger partial charge in [0.1, 0.15) is 11.5 Å². The van der Waals surface area contributed by atoms with Crippen LogP contribution >= 0.6 is 0 Å². The molecule has 0 saturated heterocycles. The predicted octanol–water partition coefficient (Wildman–Crippen LogP) is 5.58. The van der Waals surface area contributed by atoms with Crippen LogP contribution in [0.25, 0.3) is 11.0 Å². The summed E-state index contributed by atoms with van der Waals surface area (Å²) in [5.41, 5.74) is 3.62. The monoisotopic (exact) mass is 368 g/mol. The van der Waals surface area contributed by atoms with E-state index in [-0.39, 0.29) is 5.82 Å². The molecule has 2 N–H and O–H groups in total. The number of aromatic amines is 1. The highest BCUT2D eigenvalue weighted by Gasteiger charge is 2.41. The van der Waals surface area contributed by atoms with Crippen LogP contribution in [-0.4, -0.2) is 28.0 Å². The zero-order valence-corrected chi connectivity index (χ0v) is 16.2. The molecule has 5 heteroatoms. The molecule has 1 atom stereocenters. The molecule has 1 spiro atoms. The van der Waals surface area contributed by atoms with E-state index in [9.17, 15) is 4.39 Å². The van der Waals surface area contributed by atoms with Crippen LogP contribution in [0.15, 0.2) is 43.0 Å². The number of hydrogen-bond donors (Lipinski definition) is 2. The molecular formula is C22H29FN4. The maximum absolute atomic E-state index is 13.5. The number of likely N-dealkylation sites (N-methyl/N-ethyl adjacent to an activating group) is 1. The first-order chi connectivity index (χ1) is 13.0. The predicted molar refractivity (Wildman–Crippen MR) is 109 cm³/mol. The Hall–Kier alpha value is -2.30. The van der Waals surface area contributed by atoms with Crippen molar-refractivity contribution < 1.29 is 4.39 Å². The third-order valence-electron chi connectivity index (χ3n) is 6.70. The average molecular weight is 369 g/mol. The highest BCUT2D eigenvalue weighted by atomic mass is 19.1. The topological polar surface area (TPSA) is 44.0 Å². The molecule has 2 heterocycles. The summed E-state index contributed by atoms with van der Waals surface area (Å²) in [6.45, 7) is 8.45. The second kappa shape index (κ2) is 7.02. The van der Waals surface area contributed by atoms with Gasteiger partial charge in [0.05, 0.1) is 23.3 Å². The molecule has 0 aliphatic heterocycles. The van der Waals surface area contributed by atoms with Crippen molar-refractivity contribution in [3.05, 3.63) is 48.8 Å². The molecule has 2 aliphatic carbocycles. The first-order valence-electron chi connectivity index (χ1n) is 9.98. The smallest absolute Gasteiger partial charge is 0.142 e. The van der Waals surface area contributed by atoms with Crippen molar-refractivity contribution in [2.75, 3.05) is 12.4 Å². The maximum Gasteiger partial charge on any atom is 0.142 e. The van der Waals surface area contributed by atoms with Gasteiger partial charge in [0.2, 0.25) is 0 Å². The second-order valence-corrected chi connectivity index (χ2v) is 8.37. The Kier molecular flexibility index (Phi) is 4.70. The summed E-state index contributed by atoms with van der Waals surface area (Å²) in [7, 11) is 2.12. The molecular weight excluding hydrogens is 339 g/mol. The van der Waals surface area contributed by atoms with Crippen LogP contribution < -0.4 is 5.32 Å². The number of fused-ring (bicyclic) bond motifs is 1. The number of hydrogen-bond acceptors (Lipinski definition) is 3. The molecule has 1 unspecified atom stereocenters. The van der Waals surface area contributed by atoms with Crippen LogP contribution in [0, 0.1) is 11.2 Å². The zero-order chi connectivity index (χ0) is 19.0. The quantitative estimate of drug-likeness (QED) is 0.678. The lowest BCUT2D eigenvalue weighted by molar-refractivity contribution is 0.179. The molecule has 144 valence electrons. The molecule has 2 aliphatic rings. The Morgan fingerprint density at radius 2 is 2.07 bits per heavy atom. The summed E-state index contributed by atoms with van der Waals surface area (Å²) in [4.78, 5) is 9.41. The minimum absolute atomic E-state index is 0.351. The van der Waals surface area contributed by atoms with Crippen LogP contribution in [0.5, 0.6) is 0 Å². The fourth-order valence-electron chi connectivity index (χ4n) is 5.01. The van der Waals surface area contributed by atoms with Gasteiger partial charge in [-0.3, -0.25) is 0 Å². The molecule has 2 aromatic heterocycles. The first kappa shape index (κ1) is 18.1. The van der Waals surface area contributed by atoms with E-state index in [0.29, 0.717) is 22.5 Å². The van der Waals surface area contributed by atoms with Crippen molar-refractivity contribution in [2.24, 2.45) is 5.41 Å². The van der Waals surface area contributed by atoms with Gasteiger partial charge in [-0.05, 0) is 43.6 Å². The minimum atomic E-state index is -0.351. The molecule has 2 fully saturated rings. The van der Waals surface area contributed by atoms with Crippen molar-refractivity contribution in [2.45, 2.75) is 57.4 Å². The van der Waals surface area contributed by atoms with Crippen molar-refractivity contribution in [3.8, 4) is 0 Å². The summed E-state index contributed by atoms with van der Waals surface area (Å²) >= 11 is 0. The second-order valence-electron chi connectivity index (χ2n) is 8.37. The van der Waals surface area contributed by atoms with Gasteiger partial charge in [-0.25, -0.2) is 9.37 Å². The summed E-state index contributed by atoms with van der Waals surface area (Å²) in [5, 5.41) is 4.01. The normalized spacial score (nSPS) is 21.5. The van der Waals surface area contributed by atoms with Gasteiger partial charge < -0.3 is 15.2 Å². The summed E-state index contributed by atoms with van der Waals surface area (Å²) < 4.78 is 13.5. The molecule has 0 aromatic carbocycles. The molecule has 0 amide bonds. The van der Waals surface area contributed by atoms with E-state index in [1.165, 1.54) is 63.6 Å². The molecule has 4 rings (SSSR count). The largest absolute Gasteiger partial charge is 0.370 e. The van der Waals surface area contributed by atoms with Crippen molar-refractivity contribution in [3.63, 3.8) is 0 Å². The Morgan fingerprint density at radius 1 is 1.30 bits per heavy atom. The lowest BCUT2D eigenvalue weighted by atomic mass is 9.73. The van der Waals surface area contributed by atoms with E-state index >= 15 is 0 Å². The van der Waals surface area contributed by atoms with Crippen LogP contribution in [0.1, 0.15) is 51.4 Å². The SMILES string of the molecule is C=C(Nc1c[nH]c2ncc(F)cc12)C(=C)N(C)C1CCC2(CCCCC2)C1. The van der Waals surface area contributed by atoms with E-state index in [1.807, 2.05) is 0 Å². The maximum atomic E-state index is 13.5. The van der Waals surface area contributed by atoms with Gasteiger partial charge in [0, 0.05) is 24.7 Å². The third kappa shape index (κ3) is 3.47.